The van der Waals surface area contributed by atoms with Gasteiger partial charge in [0.1, 0.15) is 10.7 Å². The van der Waals surface area contributed by atoms with Crippen LogP contribution in [0.4, 0.5) is 5.82 Å². The molecule has 1 amide bonds. The van der Waals surface area contributed by atoms with Crippen LogP contribution in [0.25, 0.3) is 5.69 Å². The molecule has 0 bridgehead atoms. The summed E-state index contributed by atoms with van der Waals surface area (Å²) in [7, 11) is 1.63. The number of nitrogen functional groups attached to an aromatic ring is 1. The molecular weight excluding hydrogens is 330 g/mol. The van der Waals surface area contributed by atoms with Gasteiger partial charge in [-0.05, 0) is 42.8 Å². The van der Waals surface area contributed by atoms with E-state index in [9.17, 15) is 4.79 Å². The molecule has 0 aliphatic rings. The van der Waals surface area contributed by atoms with Gasteiger partial charge in [0, 0.05) is 25.9 Å². The standard InChI is InChI=1S/C16H21N3O2S2/c1-3-11-5-7-12(8-6-11)19-14(17)13(23-16(19)22)15(20)18-9-4-10-21-2/h5-8H,3-4,9-10,17H2,1-2H3,(H,18,20). The maximum atomic E-state index is 12.2. The second-order valence-electron chi connectivity index (χ2n) is 5.04. The minimum absolute atomic E-state index is 0.196. The summed E-state index contributed by atoms with van der Waals surface area (Å²) in [6.07, 6.45) is 1.73. The van der Waals surface area contributed by atoms with Crippen molar-refractivity contribution in [2.75, 3.05) is 26.0 Å². The molecule has 124 valence electrons. The Morgan fingerprint density at radius 2 is 2.09 bits per heavy atom. The minimum Gasteiger partial charge on any atom is -0.385 e. The van der Waals surface area contributed by atoms with E-state index >= 15 is 0 Å². The lowest BCUT2D eigenvalue weighted by atomic mass is 10.1. The number of ether oxygens (including phenoxy) is 1. The van der Waals surface area contributed by atoms with E-state index in [4.69, 9.17) is 22.7 Å². The Morgan fingerprint density at radius 3 is 2.70 bits per heavy atom. The van der Waals surface area contributed by atoms with Crippen LogP contribution in [0.5, 0.6) is 0 Å². The molecule has 2 aromatic rings. The molecular formula is C16H21N3O2S2. The van der Waals surface area contributed by atoms with Gasteiger partial charge in [-0.3, -0.25) is 9.36 Å². The number of carbonyl (C=O) groups excluding carboxylic acids is 1. The third-order valence-corrected chi connectivity index (χ3v) is 4.85. The molecule has 7 heteroatoms. The molecule has 23 heavy (non-hydrogen) atoms. The van der Waals surface area contributed by atoms with Crippen LogP contribution >= 0.6 is 23.6 Å². The van der Waals surface area contributed by atoms with E-state index < -0.39 is 0 Å². The third kappa shape index (κ3) is 4.19. The van der Waals surface area contributed by atoms with Crippen molar-refractivity contribution in [1.29, 1.82) is 0 Å². The highest BCUT2D eigenvalue weighted by Gasteiger charge is 2.17. The van der Waals surface area contributed by atoms with Crippen LogP contribution in [0, 0.1) is 3.95 Å². The van der Waals surface area contributed by atoms with E-state index in [1.165, 1.54) is 16.9 Å². The Bertz CT molecular complexity index is 720. The van der Waals surface area contributed by atoms with Crippen LogP contribution in [0.1, 0.15) is 28.6 Å². The molecule has 2 rings (SSSR count). The molecule has 0 radical (unpaired) electrons. The first-order valence-corrected chi connectivity index (χ1v) is 8.68. The number of nitrogens with zero attached hydrogens (tertiary/aromatic N) is 1. The maximum absolute atomic E-state index is 12.2. The number of nitrogens with one attached hydrogen (secondary N) is 1. The van der Waals surface area contributed by atoms with Crippen molar-refractivity contribution in [3.8, 4) is 5.69 Å². The van der Waals surface area contributed by atoms with Gasteiger partial charge < -0.3 is 15.8 Å². The predicted molar refractivity (Wildman–Crippen MR) is 97.1 cm³/mol. The van der Waals surface area contributed by atoms with Crippen molar-refractivity contribution in [1.82, 2.24) is 9.88 Å². The Labute approximate surface area is 145 Å². The smallest absolute Gasteiger partial charge is 0.265 e. The highest BCUT2D eigenvalue weighted by atomic mass is 32.1. The molecule has 0 atom stereocenters. The number of anilines is 1. The number of aryl methyl sites for hydroxylation is 1. The van der Waals surface area contributed by atoms with E-state index in [0.717, 1.165) is 18.5 Å². The zero-order chi connectivity index (χ0) is 16.8. The quantitative estimate of drug-likeness (QED) is 0.594. The molecule has 1 aromatic heterocycles. The van der Waals surface area contributed by atoms with Crippen molar-refractivity contribution in [3.63, 3.8) is 0 Å². The number of nitrogens with two attached hydrogens (primary N) is 1. The topological polar surface area (TPSA) is 69.3 Å². The average molecular weight is 351 g/mol. The van der Waals surface area contributed by atoms with Crippen LogP contribution < -0.4 is 11.1 Å². The van der Waals surface area contributed by atoms with Gasteiger partial charge in [-0.1, -0.05) is 30.4 Å². The van der Waals surface area contributed by atoms with Gasteiger partial charge >= 0.3 is 0 Å². The molecule has 0 unspecified atom stereocenters. The highest BCUT2D eigenvalue weighted by Crippen LogP contribution is 2.26. The highest BCUT2D eigenvalue weighted by molar-refractivity contribution is 7.73. The van der Waals surface area contributed by atoms with E-state index in [-0.39, 0.29) is 5.91 Å². The van der Waals surface area contributed by atoms with Crippen molar-refractivity contribution < 1.29 is 9.53 Å². The summed E-state index contributed by atoms with van der Waals surface area (Å²) in [5.41, 5.74) is 8.27. The summed E-state index contributed by atoms with van der Waals surface area (Å²) in [6, 6.07) is 8.02. The Morgan fingerprint density at radius 1 is 1.39 bits per heavy atom. The molecule has 0 fully saturated rings. The summed E-state index contributed by atoms with van der Waals surface area (Å²) < 4.78 is 7.26. The Kier molecular flexibility index (Phi) is 6.32. The fraction of sp³-hybridized carbons (Fsp3) is 0.375. The van der Waals surface area contributed by atoms with Crippen LogP contribution in [0.3, 0.4) is 0 Å². The first-order valence-electron chi connectivity index (χ1n) is 7.46. The van der Waals surface area contributed by atoms with Gasteiger partial charge in [-0.25, -0.2) is 0 Å². The van der Waals surface area contributed by atoms with Crippen molar-refractivity contribution >= 4 is 35.3 Å². The summed E-state index contributed by atoms with van der Waals surface area (Å²) in [5, 5.41) is 2.84. The zero-order valence-corrected chi connectivity index (χ0v) is 14.9. The fourth-order valence-corrected chi connectivity index (χ4v) is 3.46. The summed E-state index contributed by atoms with van der Waals surface area (Å²) in [5.74, 6) is 0.187. The van der Waals surface area contributed by atoms with Gasteiger partial charge in [0.2, 0.25) is 0 Å². The third-order valence-electron chi connectivity index (χ3n) is 3.47. The zero-order valence-electron chi connectivity index (χ0n) is 13.3. The van der Waals surface area contributed by atoms with Crippen LogP contribution in [0.15, 0.2) is 24.3 Å². The Hall–Kier alpha value is -1.70. The van der Waals surface area contributed by atoms with Gasteiger partial charge in [0.05, 0.1) is 0 Å². The monoisotopic (exact) mass is 351 g/mol. The first-order chi connectivity index (χ1) is 11.1. The van der Waals surface area contributed by atoms with Crippen LogP contribution in [-0.2, 0) is 11.2 Å². The van der Waals surface area contributed by atoms with Gasteiger partial charge in [0.25, 0.3) is 5.91 Å². The summed E-state index contributed by atoms with van der Waals surface area (Å²) in [4.78, 5) is 12.7. The van der Waals surface area contributed by atoms with Gasteiger partial charge in [0.15, 0.2) is 3.95 Å². The minimum atomic E-state index is -0.196. The summed E-state index contributed by atoms with van der Waals surface area (Å²) in [6.45, 7) is 3.25. The van der Waals surface area contributed by atoms with E-state index in [2.05, 4.69) is 12.2 Å². The Balaban J connectivity index is 2.21. The largest absolute Gasteiger partial charge is 0.385 e. The normalized spacial score (nSPS) is 10.7. The number of thiazole rings is 1. The summed E-state index contributed by atoms with van der Waals surface area (Å²) >= 11 is 6.61. The predicted octanol–water partition coefficient (Wildman–Crippen LogP) is 3.18. The number of hydrogen-bond acceptors (Lipinski definition) is 5. The molecule has 1 aromatic carbocycles. The van der Waals surface area contributed by atoms with Crippen molar-refractivity contribution in [2.24, 2.45) is 0 Å². The second kappa shape index (κ2) is 8.24. The van der Waals surface area contributed by atoms with E-state index in [1.807, 2.05) is 24.3 Å². The van der Waals surface area contributed by atoms with E-state index in [1.54, 1.807) is 11.7 Å². The first kappa shape index (κ1) is 17.7. The molecule has 0 aliphatic carbocycles. The molecule has 5 nitrogen and oxygen atoms in total. The molecule has 0 spiro atoms. The number of benzene rings is 1. The molecule has 1 heterocycles. The molecule has 0 saturated carbocycles. The van der Waals surface area contributed by atoms with Crippen LogP contribution in [0.2, 0.25) is 0 Å². The number of amides is 1. The van der Waals surface area contributed by atoms with Crippen molar-refractivity contribution in [2.45, 2.75) is 19.8 Å². The lowest BCUT2D eigenvalue weighted by Gasteiger charge is -2.08. The molecule has 0 aliphatic heterocycles. The number of methoxy groups -OCH3 is 1. The fourth-order valence-electron chi connectivity index (χ4n) is 2.17. The van der Waals surface area contributed by atoms with E-state index in [0.29, 0.717) is 27.8 Å². The maximum Gasteiger partial charge on any atom is 0.265 e. The second-order valence-corrected chi connectivity index (χ2v) is 6.68. The number of carbonyl (C=O) groups is 1. The molecule has 0 saturated heterocycles. The van der Waals surface area contributed by atoms with Gasteiger partial charge in [-0.2, -0.15) is 0 Å². The average Bonchev–Trinajstić information content (AvgIpc) is 2.86. The SMILES string of the molecule is CCc1ccc(-n2c(N)c(C(=O)NCCCOC)sc2=S)cc1. The van der Waals surface area contributed by atoms with Crippen LogP contribution in [-0.4, -0.2) is 30.7 Å². The number of aromatic nitrogens is 1. The van der Waals surface area contributed by atoms with Gasteiger partial charge in [-0.15, -0.1) is 0 Å². The number of hydrogen-bond donors (Lipinski definition) is 2. The lowest BCUT2D eigenvalue weighted by molar-refractivity contribution is 0.0953. The number of rotatable bonds is 7. The lowest BCUT2D eigenvalue weighted by Crippen LogP contribution is -2.25. The van der Waals surface area contributed by atoms with Crippen molar-refractivity contribution in [3.05, 3.63) is 38.7 Å². The molecule has 3 N–H and O–H groups in total.